The zero-order valence-electron chi connectivity index (χ0n) is 14.4. The van der Waals surface area contributed by atoms with Crippen LogP contribution in [0.5, 0.6) is 0 Å². The van der Waals surface area contributed by atoms with Crippen LogP contribution in [0.4, 0.5) is 0 Å². The van der Waals surface area contributed by atoms with E-state index in [9.17, 15) is 0 Å². The Kier molecular flexibility index (Phi) is 17.3. The molecule has 124 valence electrons. The van der Waals surface area contributed by atoms with Gasteiger partial charge in [0.05, 0.1) is 0 Å². The third kappa shape index (κ3) is 8.37. The number of aliphatic hydroxyl groups excluding tert-OH is 1. The van der Waals surface area contributed by atoms with Crippen molar-refractivity contribution in [2.24, 2.45) is 0 Å². The molecule has 20 heavy (non-hydrogen) atoms. The third-order valence-corrected chi connectivity index (χ3v) is 6.95. The van der Waals surface area contributed by atoms with E-state index in [4.69, 9.17) is 18.4 Å². The first-order valence-corrected chi connectivity index (χ1v) is 9.61. The molecule has 0 aliphatic rings. The molecule has 0 heterocycles. The number of rotatable bonds is 12. The lowest BCUT2D eigenvalue weighted by molar-refractivity contribution is 0.107. The van der Waals surface area contributed by atoms with Gasteiger partial charge in [0.2, 0.25) is 0 Å². The SMILES string of the molecule is CCCCCC(CCCCC)[Si](OC)(OC)OC.CO. The van der Waals surface area contributed by atoms with Gasteiger partial charge in [-0.05, 0) is 12.8 Å². The standard InChI is InChI=1S/C14H32O3Si.CH4O/c1-6-8-10-12-14(13-11-9-7-2)18(15-3,16-4)17-5;1-2/h14H,6-13H2,1-5H3;2H,1H3. The second-order valence-electron chi connectivity index (χ2n) is 4.90. The van der Waals surface area contributed by atoms with Crippen LogP contribution in [0, 0.1) is 0 Å². The van der Waals surface area contributed by atoms with Crippen molar-refractivity contribution in [2.45, 2.75) is 70.8 Å². The lowest BCUT2D eigenvalue weighted by atomic mass is 10.1. The van der Waals surface area contributed by atoms with Crippen LogP contribution < -0.4 is 0 Å². The van der Waals surface area contributed by atoms with Crippen LogP contribution in [-0.4, -0.2) is 42.4 Å². The van der Waals surface area contributed by atoms with E-state index < -0.39 is 8.80 Å². The highest BCUT2D eigenvalue weighted by atomic mass is 28.4. The van der Waals surface area contributed by atoms with E-state index in [1.54, 1.807) is 21.3 Å². The highest BCUT2D eigenvalue weighted by Gasteiger charge is 2.46. The Balaban J connectivity index is 0. The molecule has 5 heteroatoms. The van der Waals surface area contributed by atoms with Crippen molar-refractivity contribution >= 4 is 8.80 Å². The van der Waals surface area contributed by atoms with E-state index in [2.05, 4.69) is 13.8 Å². The summed E-state index contributed by atoms with van der Waals surface area (Å²) in [7, 11) is 3.74. The van der Waals surface area contributed by atoms with E-state index in [1.165, 1.54) is 51.4 Å². The summed E-state index contributed by atoms with van der Waals surface area (Å²) in [6, 6.07) is 0. The molecule has 0 rings (SSSR count). The Labute approximate surface area is 127 Å². The van der Waals surface area contributed by atoms with E-state index in [0.29, 0.717) is 5.54 Å². The van der Waals surface area contributed by atoms with Gasteiger partial charge in [0.1, 0.15) is 0 Å². The average Bonchev–Trinajstić information content (AvgIpc) is 2.51. The minimum Gasteiger partial charge on any atom is -0.400 e. The maximum atomic E-state index is 7.00. The molecule has 0 radical (unpaired) electrons. The van der Waals surface area contributed by atoms with Crippen LogP contribution >= 0.6 is 0 Å². The molecule has 0 fully saturated rings. The van der Waals surface area contributed by atoms with Crippen LogP contribution in [0.3, 0.4) is 0 Å². The van der Waals surface area contributed by atoms with E-state index >= 15 is 0 Å². The zero-order chi connectivity index (χ0) is 15.9. The third-order valence-electron chi connectivity index (χ3n) is 3.67. The number of hydrogen-bond acceptors (Lipinski definition) is 4. The first-order valence-electron chi connectivity index (χ1n) is 7.80. The van der Waals surface area contributed by atoms with Crippen LogP contribution in [0.25, 0.3) is 0 Å². The van der Waals surface area contributed by atoms with Crippen molar-refractivity contribution in [2.75, 3.05) is 28.4 Å². The summed E-state index contributed by atoms with van der Waals surface area (Å²) < 4.78 is 17.0. The summed E-state index contributed by atoms with van der Waals surface area (Å²) in [5.74, 6) is 0. The highest BCUT2D eigenvalue weighted by molar-refractivity contribution is 6.62. The van der Waals surface area contributed by atoms with Gasteiger partial charge < -0.3 is 18.4 Å². The van der Waals surface area contributed by atoms with Crippen molar-refractivity contribution in [3.63, 3.8) is 0 Å². The molecule has 0 spiro atoms. The number of aliphatic hydroxyl groups is 1. The Morgan fingerprint density at radius 2 is 1.10 bits per heavy atom. The zero-order valence-corrected chi connectivity index (χ0v) is 15.4. The van der Waals surface area contributed by atoms with Gasteiger partial charge >= 0.3 is 8.80 Å². The quantitative estimate of drug-likeness (QED) is 0.437. The second-order valence-corrected chi connectivity index (χ2v) is 8.15. The van der Waals surface area contributed by atoms with Gasteiger partial charge in [-0.1, -0.05) is 52.4 Å². The molecule has 0 aromatic rings. The van der Waals surface area contributed by atoms with Gasteiger partial charge in [-0.2, -0.15) is 0 Å². The van der Waals surface area contributed by atoms with Gasteiger partial charge in [0.25, 0.3) is 0 Å². The summed E-state index contributed by atoms with van der Waals surface area (Å²) >= 11 is 0. The average molecular weight is 309 g/mol. The molecule has 0 amide bonds. The van der Waals surface area contributed by atoms with Gasteiger partial charge in [-0.3, -0.25) is 0 Å². The molecular formula is C15H36O4Si. The molecule has 4 nitrogen and oxygen atoms in total. The first kappa shape index (κ1) is 22.3. The van der Waals surface area contributed by atoms with Crippen LogP contribution in [0.2, 0.25) is 5.54 Å². The monoisotopic (exact) mass is 308 g/mol. The lowest BCUT2D eigenvalue weighted by Gasteiger charge is -2.32. The van der Waals surface area contributed by atoms with Crippen LogP contribution in [0.15, 0.2) is 0 Å². The molecule has 0 saturated carbocycles. The molecule has 0 bridgehead atoms. The second kappa shape index (κ2) is 15.4. The smallest absolute Gasteiger partial charge is 0.400 e. The Hall–Kier alpha value is 0.0569. The fourth-order valence-electron chi connectivity index (χ4n) is 2.53. The topological polar surface area (TPSA) is 47.9 Å². The van der Waals surface area contributed by atoms with Crippen molar-refractivity contribution in [1.29, 1.82) is 0 Å². The Morgan fingerprint density at radius 1 is 0.750 bits per heavy atom. The molecule has 0 aliphatic carbocycles. The van der Waals surface area contributed by atoms with Crippen molar-refractivity contribution in [3.05, 3.63) is 0 Å². The van der Waals surface area contributed by atoms with Gasteiger partial charge in [-0.25, -0.2) is 0 Å². The number of hydrogen-bond donors (Lipinski definition) is 1. The maximum Gasteiger partial charge on any atom is 0.503 e. The number of unbranched alkanes of at least 4 members (excludes halogenated alkanes) is 4. The van der Waals surface area contributed by atoms with Crippen molar-refractivity contribution in [3.8, 4) is 0 Å². The van der Waals surface area contributed by atoms with E-state index in [0.717, 1.165) is 7.11 Å². The van der Waals surface area contributed by atoms with Crippen molar-refractivity contribution in [1.82, 2.24) is 0 Å². The van der Waals surface area contributed by atoms with E-state index in [1.807, 2.05) is 0 Å². The predicted molar refractivity (Wildman–Crippen MR) is 87.0 cm³/mol. The molecule has 0 aromatic carbocycles. The summed E-state index contributed by atoms with van der Waals surface area (Å²) in [6.45, 7) is 4.47. The summed E-state index contributed by atoms with van der Waals surface area (Å²) in [6.07, 6.45) is 9.90. The minimum absolute atomic E-state index is 0.454. The largest absolute Gasteiger partial charge is 0.503 e. The van der Waals surface area contributed by atoms with Crippen LogP contribution in [-0.2, 0) is 13.3 Å². The normalized spacial score (nSPS) is 11.4. The Morgan fingerprint density at radius 3 is 1.35 bits per heavy atom. The Bertz CT molecular complexity index is 168. The fraction of sp³-hybridized carbons (Fsp3) is 1.00. The van der Waals surface area contributed by atoms with E-state index in [-0.39, 0.29) is 0 Å². The molecule has 0 saturated heterocycles. The molecule has 0 aliphatic heterocycles. The minimum atomic E-state index is -2.45. The molecule has 0 aromatic heterocycles. The molecule has 0 unspecified atom stereocenters. The van der Waals surface area contributed by atoms with Crippen molar-refractivity contribution < 1.29 is 18.4 Å². The maximum absolute atomic E-state index is 7.00. The summed E-state index contributed by atoms with van der Waals surface area (Å²) in [5.41, 5.74) is 0.454. The molecular weight excluding hydrogens is 272 g/mol. The van der Waals surface area contributed by atoms with Gasteiger partial charge in [0.15, 0.2) is 0 Å². The van der Waals surface area contributed by atoms with Gasteiger partial charge in [0, 0.05) is 34.0 Å². The summed E-state index contributed by atoms with van der Waals surface area (Å²) in [5, 5.41) is 7.00. The lowest BCUT2D eigenvalue weighted by Crippen LogP contribution is -2.47. The van der Waals surface area contributed by atoms with Gasteiger partial charge in [-0.15, -0.1) is 0 Å². The highest BCUT2D eigenvalue weighted by Crippen LogP contribution is 2.34. The fourth-order valence-corrected chi connectivity index (χ4v) is 5.14. The summed E-state index contributed by atoms with van der Waals surface area (Å²) in [4.78, 5) is 0. The van der Waals surface area contributed by atoms with Crippen LogP contribution in [0.1, 0.15) is 65.2 Å². The predicted octanol–water partition coefficient (Wildman–Crippen LogP) is 4.00. The molecule has 1 N–H and O–H groups in total. The molecule has 0 atom stereocenters. The first-order chi connectivity index (χ1) is 9.70.